The molecule has 1 unspecified atom stereocenters. The summed E-state index contributed by atoms with van der Waals surface area (Å²) in [6.07, 6.45) is 1.06. The predicted molar refractivity (Wildman–Crippen MR) is 113 cm³/mol. The number of allylic oxidation sites excluding steroid dienone is 2. The maximum Gasteiger partial charge on any atom is 0.315 e. The van der Waals surface area contributed by atoms with E-state index >= 15 is 0 Å². The molecule has 0 bridgehead atoms. The molecule has 2 aliphatic rings. The van der Waals surface area contributed by atoms with Gasteiger partial charge >= 0.3 is 5.97 Å². The molecule has 2 aromatic carbocycles. The Hall–Kier alpha value is -2.72. The Morgan fingerprint density at radius 2 is 1.72 bits per heavy atom. The van der Waals surface area contributed by atoms with Crippen LogP contribution in [-0.2, 0) is 14.3 Å². The minimum atomic E-state index is -0.586. The number of aliphatic imine (C=N–C) groups is 1. The average molecular weight is 408 g/mol. The van der Waals surface area contributed by atoms with Crippen molar-refractivity contribution in [1.82, 2.24) is 0 Å². The van der Waals surface area contributed by atoms with Gasteiger partial charge in [-0.05, 0) is 42.5 Å². The largest absolute Gasteiger partial charge is 0.468 e. The number of benzene rings is 2. The number of esters is 1. The summed E-state index contributed by atoms with van der Waals surface area (Å²) in [7, 11) is 1.38. The molecule has 0 radical (unpaired) electrons. The van der Waals surface area contributed by atoms with Gasteiger partial charge in [-0.1, -0.05) is 54.1 Å². The SMILES string of the molecule is COC(=O)C1C(C)=NC2=C(C(=O)C[C@@H](c3ccc(Cl)cc3)C2)[C@H]1c1ccccc1. The summed E-state index contributed by atoms with van der Waals surface area (Å²) in [6, 6.07) is 17.3. The van der Waals surface area contributed by atoms with Crippen LogP contribution in [0.5, 0.6) is 0 Å². The maximum absolute atomic E-state index is 13.3. The van der Waals surface area contributed by atoms with E-state index in [9.17, 15) is 9.59 Å². The van der Waals surface area contributed by atoms with E-state index in [-0.39, 0.29) is 23.6 Å². The van der Waals surface area contributed by atoms with Gasteiger partial charge in [0.05, 0.1) is 7.11 Å². The number of Topliss-reactive ketones (excluding diaryl/α,β-unsaturated/α-hetero) is 1. The summed E-state index contributed by atoms with van der Waals surface area (Å²) in [6.45, 7) is 1.84. The van der Waals surface area contributed by atoms with Gasteiger partial charge in [0, 0.05) is 34.3 Å². The topological polar surface area (TPSA) is 55.7 Å². The molecule has 1 aliphatic carbocycles. The Morgan fingerprint density at radius 3 is 2.38 bits per heavy atom. The molecule has 0 N–H and O–H groups in total. The lowest BCUT2D eigenvalue weighted by Crippen LogP contribution is -2.37. The Morgan fingerprint density at radius 1 is 1.03 bits per heavy atom. The summed E-state index contributed by atoms with van der Waals surface area (Å²) >= 11 is 6.01. The third kappa shape index (κ3) is 3.65. The van der Waals surface area contributed by atoms with Crippen molar-refractivity contribution in [2.45, 2.75) is 31.6 Å². The van der Waals surface area contributed by atoms with Crippen molar-refractivity contribution >= 4 is 29.1 Å². The van der Waals surface area contributed by atoms with Crippen LogP contribution < -0.4 is 0 Å². The van der Waals surface area contributed by atoms with Crippen LogP contribution in [0.1, 0.15) is 42.7 Å². The second-order valence-corrected chi connectivity index (χ2v) is 8.02. The number of hydrogen-bond donors (Lipinski definition) is 0. The molecule has 1 aliphatic heterocycles. The molecule has 0 amide bonds. The van der Waals surface area contributed by atoms with Crippen LogP contribution in [0.3, 0.4) is 0 Å². The highest BCUT2D eigenvalue weighted by molar-refractivity contribution is 6.30. The van der Waals surface area contributed by atoms with Crippen LogP contribution in [-0.4, -0.2) is 24.6 Å². The molecule has 2 aromatic rings. The van der Waals surface area contributed by atoms with Gasteiger partial charge in [-0.2, -0.15) is 0 Å². The summed E-state index contributed by atoms with van der Waals surface area (Å²) in [5.41, 5.74) is 4.14. The van der Waals surface area contributed by atoms with E-state index in [0.717, 1.165) is 16.8 Å². The minimum absolute atomic E-state index is 0.0465. The first-order valence-electron chi connectivity index (χ1n) is 9.69. The molecule has 5 heteroatoms. The smallest absolute Gasteiger partial charge is 0.315 e. The molecule has 0 spiro atoms. The van der Waals surface area contributed by atoms with E-state index in [0.29, 0.717) is 29.1 Å². The van der Waals surface area contributed by atoms with Crippen LogP contribution >= 0.6 is 11.6 Å². The van der Waals surface area contributed by atoms with Crippen molar-refractivity contribution in [3.63, 3.8) is 0 Å². The van der Waals surface area contributed by atoms with Gasteiger partial charge in [0.25, 0.3) is 0 Å². The molecule has 3 atom stereocenters. The third-order valence-electron chi connectivity index (χ3n) is 5.84. The number of rotatable bonds is 3. The molecule has 0 fully saturated rings. The standard InChI is InChI=1S/C24H22ClNO3/c1-14-21(24(28)29-2)22(16-6-4-3-5-7-16)23-19(26-14)12-17(13-20(23)27)15-8-10-18(25)11-9-15/h3-11,17,21-22H,12-13H2,1-2H3/t17-,21?,22-/m0/s1. The lowest BCUT2D eigenvalue weighted by atomic mass is 9.69. The molecular weight excluding hydrogens is 386 g/mol. The quantitative estimate of drug-likeness (QED) is 0.666. The van der Waals surface area contributed by atoms with E-state index in [1.807, 2.05) is 61.5 Å². The van der Waals surface area contributed by atoms with Gasteiger partial charge in [-0.3, -0.25) is 14.6 Å². The van der Waals surface area contributed by atoms with Crippen molar-refractivity contribution in [2.75, 3.05) is 7.11 Å². The molecule has 29 heavy (non-hydrogen) atoms. The van der Waals surface area contributed by atoms with Crippen LogP contribution in [0.2, 0.25) is 5.02 Å². The second kappa shape index (κ2) is 7.96. The fourth-order valence-corrected chi connectivity index (χ4v) is 4.61. The Labute approximate surface area is 175 Å². The van der Waals surface area contributed by atoms with E-state index < -0.39 is 5.92 Å². The summed E-state index contributed by atoms with van der Waals surface area (Å²) in [5.74, 6) is -1.21. The molecule has 1 heterocycles. The van der Waals surface area contributed by atoms with Gasteiger partial charge in [0.1, 0.15) is 5.92 Å². The van der Waals surface area contributed by atoms with Crippen molar-refractivity contribution in [3.05, 3.63) is 82.0 Å². The lowest BCUT2D eigenvalue weighted by molar-refractivity contribution is -0.143. The van der Waals surface area contributed by atoms with Gasteiger partial charge in [-0.15, -0.1) is 0 Å². The maximum atomic E-state index is 13.3. The fourth-order valence-electron chi connectivity index (χ4n) is 4.48. The number of halogens is 1. The molecule has 4 rings (SSSR count). The monoisotopic (exact) mass is 407 g/mol. The Kier molecular flexibility index (Phi) is 5.37. The molecular formula is C24H22ClNO3. The van der Waals surface area contributed by atoms with Crippen molar-refractivity contribution in [3.8, 4) is 0 Å². The zero-order valence-corrected chi connectivity index (χ0v) is 17.1. The van der Waals surface area contributed by atoms with Gasteiger partial charge in [0.15, 0.2) is 5.78 Å². The third-order valence-corrected chi connectivity index (χ3v) is 6.10. The zero-order valence-electron chi connectivity index (χ0n) is 16.4. The minimum Gasteiger partial charge on any atom is -0.468 e. The highest BCUT2D eigenvalue weighted by atomic mass is 35.5. The normalized spacial score (nSPS) is 24.0. The highest BCUT2D eigenvalue weighted by Gasteiger charge is 2.44. The summed E-state index contributed by atoms with van der Waals surface area (Å²) in [5, 5.41) is 0.674. The highest BCUT2D eigenvalue weighted by Crippen LogP contribution is 2.46. The van der Waals surface area contributed by atoms with Gasteiger partial charge < -0.3 is 4.74 Å². The molecule has 0 saturated heterocycles. The molecule has 0 saturated carbocycles. The zero-order chi connectivity index (χ0) is 20.5. The van der Waals surface area contributed by atoms with Crippen LogP contribution in [0.15, 0.2) is 70.9 Å². The van der Waals surface area contributed by atoms with Crippen molar-refractivity contribution < 1.29 is 14.3 Å². The number of carbonyl (C=O) groups is 2. The second-order valence-electron chi connectivity index (χ2n) is 7.58. The predicted octanol–water partition coefficient (Wildman–Crippen LogP) is 5.09. The fraction of sp³-hybridized carbons (Fsp3) is 0.292. The van der Waals surface area contributed by atoms with Crippen LogP contribution in [0.4, 0.5) is 0 Å². The number of ether oxygens (including phenoxy) is 1. The first kappa shape index (κ1) is 19.6. The van der Waals surface area contributed by atoms with Crippen molar-refractivity contribution in [2.24, 2.45) is 10.9 Å². The van der Waals surface area contributed by atoms with Crippen LogP contribution in [0.25, 0.3) is 0 Å². The number of methoxy groups -OCH3 is 1. The first-order chi connectivity index (χ1) is 14.0. The molecule has 0 aromatic heterocycles. The van der Waals surface area contributed by atoms with E-state index in [4.69, 9.17) is 21.3 Å². The average Bonchev–Trinajstić information content (AvgIpc) is 2.73. The summed E-state index contributed by atoms with van der Waals surface area (Å²) in [4.78, 5) is 30.7. The van der Waals surface area contributed by atoms with E-state index in [1.165, 1.54) is 7.11 Å². The first-order valence-corrected chi connectivity index (χ1v) is 10.1. The summed E-state index contributed by atoms with van der Waals surface area (Å²) < 4.78 is 5.06. The molecule has 148 valence electrons. The van der Waals surface area contributed by atoms with Gasteiger partial charge in [-0.25, -0.2) is 0 Å². The lowest BCUT2D eigenvalue weighted by Gasteiger charge is -2.36. The number of ketones is 1. The Balaban J connectivity index is 1.79. The number of carbonyl (C=O) groups excluding carboxylic acids is 2. The van der Waals surface area contributed by atoms with Gasteiger partial charge in [0.2, 0.25) is 0 Å². The number of nitrogens with zero attached hydrogens (tertiary/aromatic N) is 1. The van der Waals surface area contributed by atoms with E-state index in [2.05, 4.69) is 0 Å². The molecule has 4 nitrogen and oxygen atoms in total. The number of hydrogen-bond acceptors (Lipinski definition) is 4. The van der Waals surface area contributed by atoms with Crippen molar-refractivity contribution in [1.29, 1.82) is 0 Å². The van der Waals surface area contributed by atoms with E-state index in [1.54, 1.807) is 0 Å². The Bertz CT molecular complexity index is 1010. The van der Waals surface area contributed by atoms with Crippen LogP contribution in [0, 0.1) is 5.92 Å².